The summed E-state index contributed by atoms with van der Waals surface area (Å²) >= 11 is 0. The van der Waals surface area contributed by atoms with Gasteiger partial charge in [0.05, 0.1) is 0 Å². The summed E-state index contributed by atoms with van der Waals surface area (Å²) in [5.74, 6) is -0.342. The maximum atomic E-state index is 12.6. The number of nitrogens with zero attached hydrogens (tertiary/aromatic N) is 2. The van der Waals surface area contributed by atoms with Gasteiger partial charge in [-0.15, -0.1) is 0 Å². The van der Waals surface area contributed by atoms with Crippen LogP contribution in [0.4, 0.5) is 5.69 Å². The number of hydrogen-bond acceptors (Lipinski definition) is 4. The summed E-state index contributed by atoms with van der Waals surface area (Å²) in [6, 6.07) is 9.17. The average Bonchev–Trinajstić information content (AvgIpc) is 3.06. The van der Waals surface area contributed by atoms with Crippen molar-refractivity contribution >= 4 is 21.6 Å². The molecule has 3 rings (SSSR count). The van der Waals surface area contributed by atoms with Crippen molar-refractivity contribution in [3.63, 3.8) is 0 Å². The molecule has 1 amide bonds. The molecule has 0 radical (unpaired) electrons. The Hall–Kier alpha value is -2.16. The van der Waals surface area contributed by atoms with E-state index in [-0.39, 0.29) is 16.5 Å². The molecule has 1 fully saturated rings. The monoisotopic (exact) mass is 390 g/mol. The Morgan fingerprint density at radius 1 is 1.15 bits per heavy atom. The molecule has 1 aliphatic heterocycles. The molecule has 1 aromatic carbocycles. The second-order valence-corrected chi connectivity index (χ2v) is 8.76. The van der Waals surface area contributed by atoms with Gasteiger partial charge in [-0.3, -0.25) is 9.69 Å². The van der Waals surface area contributed by atoms with Crippen molar-refractivity contribution in [1.82, 2.24) is 14.2 Å². The van der Waals surface area contributed by atoms with Crippen LogP contribution in [0.2, 0.25) is 0 Å². The van der Waals surface area contributed by atoms with Crippen LogP contribution in [0.1, 0.15) is 35.3 Å². The van der Waals surface area contributed by atoms with Gasteiger partial charge in [0.25, 0.3) is 5.91 Å². The summed E-state index contributed by atoms with van der Waals surface area (Å²) in [4.78, 5) is 15.1. The number of rotatable bonds is 6. The SMILES string of the molecule is CNS(=O)(=O)c1cc(C(=O)Nc2cccc(CN3CCCCC3)c2)n(C)c1. The summed E-state index contributed by atoms with van der Waals surface area (Å²) in [6.07, 6.45) is 5.20. The summed E-state index contributed by atoms with van der Waals surface area (Å²) in [7, 11) is -0.593. The van der Waals surface area contributed by atoms with E-state index in [1.165, 1.54) is 43.1 Å². The molecule has 1 aliphatic rings. The minimum Gasteiger partial charge on any atom is -0.345 e. The van der Waals surface area contributed by atoms with Crippen molar-refractivity contribution in [2.75, 3.05) is 25.5 Å². The largest absolute Gasteiger partial charge is 0.345 e. The number of sulfonamides is 1. The number of carbonyl (C=O) groups excluding carboxylic acids is 1. The molecule has 0 bridgehead atoms. The minimum atomic E-state index is -3.59. The average molecular weight is 391 g/mol. The number of nitrogens with one attached hydrogen (secondary N) is 2. The van der Waals surface area contributed by atoms with Gasteiger partial charge in [-0.2, -0.15) is 0 Å². The number of amides is 1. The van der Waals surface area contributed by atoms with E-state index in [9.17, 15) is 13.2 Å². The highest BCUT2D eigenvalue weighted by Gasteiger charge is 2.19. The van der Waals surface area contributed by atoms with Gasteiger partial charge in [0, 0.05) is 25.5 Å². The van der Waals surface area contributed by atoms with Crippen molar-refractivity contribution in [3.05, 3.63) is 47.8 Å². The van der Waals surface area contributed by atoms with Gasteiger partial charge in [0.2, 0.25) is 10.0 Å². The van der Waals surface area contributed by atoms with Crippen LogP contribution in [0.15, 0.2) is 41.4 Å². The number of carbonyl (C=O) groups is 1. The van der Waals surface area contributed by atoms with Crippen LogP contribution >= 0.6 is 0 Å². The zero-order valence-electron chi connectivity index (χ0n) is 15.7. The lowest BCUT2D eigenvalue weighted by molar-refractivity contribution is 0.101. The Morgan fingerprint density at radius 2 is 1.89 bits per heavy atom. The number of aromatic nitrogens is 1. The lowest BCUT2D eigenvalue weighted by Gasteiger charge is -2.26. The third kappa shape index (κ3) is 4.77. The van der Waals surface area contributed by atoms with Crippen molar-refractivity contribution in [2.45, 2.75) is 30.7 Å². The van der Waals surface area contributed by atoms with Gasteiger partial charge >= 0.3 is 0 Å². The number of benzene rings is 1. The fraction of sp³-hybridized carbons (Fsp3) is 0.421. The maximum Gasteiger partial charge on any atom is 0.272 e. The zero-order valence-corrected chi connectivity index (χ0v) is 16.6. The molecule has 0 aliphatic carbocycles. The molecule has 2 N–H and O–H groups in total. The molecule has 0 atom stereocenters. The summed E-state index contributed by atoms with van der Waals surface area (Å²) in [5.41, 5.74) is 2.14. The van der Waals surface area contributed by atoms with Crippen molar-refractivity contribution in [3.8, 4) is 0 Å². The van der Waals surface area contributed by atoms with E-state index in [1.807, 2.05) is 18.2 Å². The van der Waals surface area contributed by atoms with Crippen LogP contribution in [-0.2, 0) is 23.6 Å². The van der Waals surface area contributed by atoms with Gasteiger partial charge in [-0.05, 0) is 56.7 Å². The van der Waals surface area contributed by atoms with E-state index >= 15 is 0 Å². The number of aryl methyl sites for hydroxylation is 1. The summed E-state index contributed by atoms with van der Waals surface area (Å²) in [6.45, 7) is 3.10. The van der Waals surface area contributed by atoms with E-state index in [0.29, 0.717) is 5.69 Å². The number of likely N-dealkylation sites (tertiary alicyclic amines) is 1. The van der Waals surface area contributed by atoms with Crippen LogP contribution in [0, 0.1) is 0 Å². The van der Waals surface area contributed by atoms with Crippen LogP contribution in [-0.4, -0.2) is 43.9 Å². The Balaban J connectivity index is 1.72. The van der Waals surface area contributed by atoms with E-state index in [4.69, 9.17) is 0 Å². The number of piperidine rings is 1. The van der Waals surface area contributed by atoms with Crippen LogP contribution in [0.25, 0.3) is 0 Å². The van der Waals surface area contributed by atoms with E-state index in [1.54, 1.807) is 7.05 Å². The molecule has 146 valence electrons. The van der Waals surface area contributed by atoms with Crippen LogP contribution in [0.5, 0.6) is 0 Å². The lowest BCUT2D eigenvalue weighted by atomic mass is 10.1. The zero-order chi connectivity index (χ0) is 19.4. The van der Waals surface area contributed by atoms with Crippen molar-refractivity contribution in [1.29, 1.82) is 0 Å². The van der Waals surface area contributed by atoms with Gasteiger partial charge in [-0.25, -0.2) is 13.1 Å². The van der Waals surface area contributed by atoms with Crippen molar-refractivity contribution < 1.29 is 13.2 Å². The van der Waals surface area contributed by atoms with Gasteiger partial charge in [-0.1, -0.05) is 18.6 Å². The molecule has 8 heteroatoms. The van der Waals surface area contributed by atoms with E-state index in [2.05, 4.69) is 21.0 Å². The first-order chi connectivity index (χ1) is 12.9. The summed E-state index contributed by atoms with van der Waals surface area (Å²) < 4.78 is 27.6. The first-order valence-corrected chi connectivity index (χ1v) is 10.6. The van der Waals surface area contributed by atoms with Gasteiger partial charge in [0.15, 0.2) is 0 Å². The number of hydrogen-bond donors (Lipinski definition) is 2. The Kier molecular flexibility index (Phi) is 5.98. The molecule has 7 nitrogen and oxygen atoms in total. The number of anilines is 1. The van der Waals surface area contributed by atoms with E-state index < -0.39 is 10.0 Å². The molecule has 0 spiro atoms. The minimum absolute atomic E-state index is 0.0662. The highest BCUT2D eigenvalue weighted by molar-refractivity contribution is 7.89. The predicted octanol–water partition coefficient (Wildman–Crippen LogP) is 2.17. The van der Waals surface area contributed by atoms with Gasteiger partial charge < -0.3 is 9.88 Å². The van der Waals surface area contributed by atoms with Crippen molar-refractivity contribution in [2.24, 2.45) is 7.05 Å². The highest BCUT2D eigenvalue weighted by Crippen LogP contribution is 2.18. The third-order valence-corrected chi connectivity index (χ3v) is 6.21. The normalized spacial score (nSPS) is 15.6. The molecule has 1 saturated heterocycles. The molecule has 27 heavy (non-hydrogen) atoms. The van der Waals surface area contributed by atoms with Gasteiger partial charge in [0.1, 0.15) is 10.6 Å². The second kappa shape index (κ2) is 8.24. The Labute approximate surface area is 160 Å². The van der Waals surface area contributed by atoms with Crippen LogP contribution in [0.3, 0.4) is 0 Å². The smallest absolute Gasteiger partial charge is 0.272 e. The second-order valence-electron chi connectivity index (χ2n) is 6.87. The molecule has 1 aromatic heterocycles. The topological polar surface area (TPSA) is 83.4 Å². The molecule has 2 heterocycles. The maximum absolute atomic E-state index is 12.6. The third-order valence-electron chi connectivity index (χ3n) is 4.83. The highest BCUT2D eigenvalue weighted by atomic mass is 32.2. The fourth-order valence-corrected chi connectivity index (χ4v) is 4.14. The van der Waals surface area contributed by atoms with E-state index in [0.717, 1.165) is 25.2 Å². The molecular weight excluding hydrogens is 364 g/mol. The van der Waals surface area contributed by atoms with Crippen LogP contribution < -0.4 is 10.0 Å². The lowest BCUT2D eigenvalue weighted by Crippen LogP contribution is -2.29. The summed E-state index contributed by atoms with van der Waals surface area (Å²) in [5, 5.41) is 2.87. The predicted molar refractivity (Wildman–Crippen MR) is 105 cm³/mol. The Morgan fingerprint density at radius 3 is 2.59 bits per heavy atom. The molecule has 2 aromatic rings. The quantitative estimate of drug-likeness (QED) is 0.792. The standard InChI is InChI=1S/C19H26N4O3S/c1-20-27(25,26)17-12-18(22(2)14-17)19(24)21-16-8-6-7-15(11-16)13-23-9-4-3-5-10-23/h6-8,11-12,14,20H,3-5,9-10,13H2,1-2H3,(H,21,24). The molecule has 0 saturated carbocycles. The first-order valence-electron chi connectivity index (χ1n) is 9.11. The first kappa shape index (κ1) is 19.6. The fourth-order valence-electron chi connectivity index (χ4n) is 3.34. The molecular formula is C19H26N4O3S. The molecule has 0 unspecified atom stereocenters. The Bertz CT molecular complexity index is 915.